The fraction of sp³-hybridized carbons (Fsp3) is 0.0625. The molecule has 5 heteroatoms. The summed E-state index contributed by atoms with van der Waals surface area (Å²) < 4.78 is 0. The molecule has 0 radical (unpaired) electrons. The van der Waals surface area contributed by atoms with Crippen LogP contribution in [0.5, 0.6) is 5.75 Å². The molecular weight excluding hydrogens is 327 g/mol. The summed E-state index contributed by atoms with van der Waals surface area (Å²) in [6.45, 7) is 0. The van der Waals surface area contributed by atoms with E-state index < -0.39 is 0 Å². The third kappa shape index (κ3) is 3.82. The Morgan fingerprint density at radius 1 is 1.10 bits per heavy atom. The Morgan fingerprint density at radius 2 is 1.76 bits per heavy atom. The van der Waals surface area contributed by atoms with Gasteiger partial charge in [-0.05, 0) is 60.4 Å². The predicted octanol–water partition coefficient (Wildman–Crippen LogP) is 5.32. The second-order valence-electron chi connectivity index (χ2n) is 4.23. The van der Waals surface area contributed by atoms with Gasteiger partial charge in [-0.3, -0.25) is 4.79 Å². The molecule has 0 saturated heterocycles. The number of thioether (sulfide) groups is 1. The van der Waals surface area contributed by atoms with E-state index in [4.69, 9.17) is 23.2 Å². The lowest BCUT2D eigenvalue weighted by molar-refractivity contribution is 0.104. The van der Waals surface area contributed by atoms with Crippen LogP contribution in [-0.4, -0.2) is 17.1 Å². The van der Waals surface area contributed by atoms with E-state index in [-0.39, 0.29) is 21.6 Å². The third-order valence-electron chi connectivity index (χ3n) is 2.88. The topological polar surface area (TPSA) is 37.3 Å². The molecule has 0 aromatic heterocycles. The number of phenolic OH excluding ortho intramolecular Hbond substituents is 1. The van der Waals surface area contributed by atoms with Crippen molar-refractivity contribution in [2.45, 2.75) is 4.90 Å². The molecule has 0 saturated carbocycles. The molecule has 2 aromatic carbocycles. The summed E-state index contributed by atoms with van der Waals surface area (Å²) in [5.74, 6) is -0.208. The zero-order valence-electron chi connectivity index (χ0n) is 11.1. The van der Waals surface area contributed by atoms with Crippen LogP contribution in [0.4, 0.5) is 0 Å². The standard InChI is InChI=1S/C16H12Cl2O2S/c1-21-12-6-2-10(3-7-12)13(19)8-4-11-5-9-14(20)16(18)15(11)17/h2-9,20H,1H3/b8-4+. The Bertz CT molecular complexity index is 694. The van der Waals surface area contributed by atoms with Gasteiger partial charge in [-0.25, -0.2) is 0 Å². The predicted molar refractivity (Wildman–Crippen MR) is 89.7 cm³/mol. The van der Waals surface area contributed by atoms with Gasteiger partial charge in [0.1, 0.15) is 10.8 Å². The summed E-state index contributed by atoms with van der Waals surface area (Å²) in [4.78, 5) is 13.2. The number of carbonyl (C=O) groups excluding carboxylic acids is 1. The summed E-state index contributed by atoms with van der Waals surface area (Å²) in [6.07, 6.45) is 4.99. The molecule has 0 aliphatic carbocycles. The Morgan fingerprint density at radius 3 is 2.38 bits per heavy atom. The molecule has 0 aliphatic heterocycles. The molecule has 1 N–H and O–H groups in total. The van der Waals surface area contributed by atoms with E-state index in [1.165, 1.54) is 12.1 Å². The number of ketones is 1. The van der Waals surface area contributed by atoms with Crippen LogP contribution in [-0.2, 0) is 0 Å². The van der Waals surface area contributed by atoms with E-state index in [2.05, 4.69) is 0 Å². The van der Waals surface area contributed by atoms with Crippen LogP contribution in [0.3, 0.4) is 0 Å². The smallest absolute Gasteiger partial charge is 0.185 e. The number of hydrogen-bond acceptors (Lipinski definition) is 3. The lowest BCUT2D eigenvalue weighted by Gasteiger charge is -2.03. The Balaban J connectivity index is 2.20. The number of aromatic hydroxyl groups is 1. The second-order valence-corrected chi connectivity index (χ2v) is 5.86. The van der Waals surface area contributed by atoms with Crippen molar-refractivity contribution in [2.75, 3.05) is 6.26 Å². The van der Waals surface area contributed by atoms with Crippen molar-refractivity contribution < 1.29 is 9.90 Å². The normalized spacial score (nSPS) is 11.0. The van der Waals surface area contributed by atoms with Gasteiger partial charge in [-0.2, -0.15) is 0 Å². The summed E-state index contributed by atoms with van der Waals surface area (Å²) in [5, 5.41) is 9.72. The van der Waals surface area contributed by atoms with Crippen molar-refractivity contribution in [3.8, 4) is 5.75 Å². The maximum atomic E-state index is 12.1. The van der Waals surface area contributed by atoms with Crippen LogP contribution in [0.25, 0.3) is 6.08 Å². The fourth-order valence-electron chi connectivity index (χ4n) is 1.70. The number of halogens is 2. The van der Waals surface area contributed by atoms with Gasteiger partial charge in [0, 0.05) is 10.5 Å². The fourth-order valence-corrected chi connectivity index (χ4v) is 2.50. The van der Waals surface area contributed by atoms with Gasteiger partial charge in [0.15, 0.2) is 5.78 Å². The van der Waals surface area contributed by atoms with Crippen LogP contribution >= 0.6 is 35.0 Å². The minimum absolute atomic E-state index is 0.0792. The first kappa shape index (κ1) is 16.0. The number of hydrogen-bond donors (Lipinski definition) is 1. The molecule has 0 atom stereocenters. The Kier molecular flexibility index (Phi) is 5.34. The van der Waals surface area contributed by atoms with Crippen molar-refractivity contribution in [1.29, 1.82) is 0 Å². The first-order valence-corrected chi connectivity index (χ1v) is 8.04. The Labute approximate surface area is 137 Å². The minimum atomic E-state index is -0.122. The van der Waals surface area contributed by atoms with Gasteiger partial charge in [-0.15, -0.1) is 11.8 Å². The molecule has 0 fully saturated rings. The highest BCUT2D eigenvalue weighted by Gasteiger charge is 2.08. The van der Waals surface area contributed by atoms with Gasteiger partial charge in [0.2, 0.25) is 0 Å². The lowest BCUT2D eigenvalue weighted by atomic mass is 10.1. The van der Waals surface area contributed by atoms with Crippen molar-refractivity contribution in [3.05, 3.63) is 63.6 Å². The molecule has 0 heterocycles. The summed E-state index contributed by atoms with van der Waals surface area (Å²) in [6, 6.07) is 10.4. The number of phenols is 1. The van der Waals surface area contributed by atoms with Crippen molar-refractivity contribution in [3.63, 3.8) is 0 Å². The molecule has 2 nitrogen and oxygen atoms in total. The summed E-state index contributed by atoms with van der Waals surface area (Å²) >= 11 is 13.5. The highest BCUT2D eigenvalue weighted by atomic mass is 35.5. The van der Waals surface area contributed by atoms with Crippen LogP contribution in [0, 0.1) is 0 Å². The van der Waals surface area contributed by atoms with Crippen molar-refractivity contribution in [2.24, 2.45) is 0 Å². The first-order chi connectivity index (χ1) is 10.0. The maximum absolute atomic E-state index is 12.1. The van der Waals surface area contributed by atoms with Gasteiger partial charge >= 0.3 is 0 Å². The van der Waals surface area contributed by atoms with Crippen LogP contribution in [0.15, 0.2) is 47.4 Å². The van der Waals surface area contributed by atoms with E-state index >= 15 is 0 Å². The Hall–Kier alpha value is -1.42. The quantitative estimate of drug-likeness (QED) is 0.465. The number of carbonyl (C=O) groups is 1. The molecule has 0 unspecified atom stereocenters. The average molecular weight is 339 g/mol. The van der Waals surface area contributed by atoms with E-state index in [1.54, 1.807) is 36.0 Å². The summed E-state index contributed by atoms with van der Waals surface area (Å²) in [5.41, 5.74) is 1.18. The maximum Gasteiger partial charge on any atom is 0.185 e. The molecule has 2 aromatic rings. The molecule has 21 heavy (non-hydrogen) atoms. The monoisotopic (exact) mass is 338 g/mol. The van der Waals surface area contributed by atoms with Crippen LogP contribution in [0.1, 0.15) is 15.9 Å². The van der Waals surface area contributed by atoms with Gasteiger partial charge in [0.25, 0.3) is 0 Å². The highest BCUT2D eigenvalue weighted by Crippen LogP contribution is 2.34. The van der Waals surface area contributed by atoms with E-state index in [0.717, 1.165) is 4.90 Å². The third-order valence-corrected chi connectivity index (χ3v) is 4.51. The van der Waals surface area contributed by atoms with Crippen molar-refractivity contribution >= 4 is 46.8 Å². The molecule has 0 spiro atoms. The molecule has 0 aliphatic rings. The first-order valence-electron chi connectivity index (χ1n) is 6.06. The van der Waals surface area contributed by atoms with Crippen molar-refractivity contribution in [1.82, 2.24) is 0 Å². The van der Waals surface area contributed by atoms with Gasteiger partial charge in [0.05, 0.1) is 5.02 Å². The number of rotatable bonds is 4. The SMILES string of the molecule is CSc1ccc(C(=O)/C=C/c2ccc(O)c(Cl)c2Cl)cc1. The molecule has 0 bridgehead atoms. The van der Waals surface area contributed by atoms with Crippen LogP contribution in [0.2, 0.25) is 10.0 Å². The molecular formula is C16H12Cl2O2S. The summed E-state index contributed by atoms with van der Waals surface area (Å²) in [7, 11) is 0. The minimum Gasteiger partial charge on any atom is -0.506 e. The second kappa shape index (κ2) is 7.03. The number of allylic oxidation sites excluding steroid dienone is 1. The van der Waals surface area contributed by atoms with E-state index in [1.807, 2.05) is 18.4 Å². The lowest BCUT2D eigenvalue weighted by Crippen LogP contribution is -1.93. The van der Waals surface area contributed by atoms with Gasteiger partial charge < -0.3 is 5.11 Å². The molecule has 108 valence electrons. The zero-order chi connectivity index (χ0) is 15.4. The van der Waals surface area contributed by atoms with E-state index in [9.17, 15) is 9.90 Å². The van der Waals surface area contributed by atoms with Crippen LogP contribution < -0.4 is 0 Å². The molecule has 2 rings (SSSR count). The highest BCUT2D eigenvalue weighted by molar-refractivity contribution is 7.98. The van der Waals surface area contributed by atoms with Gasteiger partial charge in [-0.1, -0.05) is 23.2 Å². The zero-order valence-corrected chi connectivity index (χ0v) is 13.5. The number of benzene rings is 2. The van der Waals surface area contributed by atoms with E-state index in [0.29, 0.717) is 11.1 Å². The average Bonchev–Trinajstić information content (AvgIpc) is 2.52. The molecule has 0 amide bonds. The largest absolute Gasteiger partial charge is 0.506 e.